The number of hydrogen-bond acceptors (Lipinski definition) is 5. The number of hydroxylamine groups is 1. The zero-order valence-corrected chi connectivity index (χ0v) is 19.4. The van der Waals surface area contributed by atoms with Crippen molar-refractivity contribution < 1.29 is 22.6 Å². The Bertz CT molecular complexity index is 644. The van der Waals surface area contributed by atoms with Crippen LogP contribution in [0.15, 0.2) is 0 Å². The van der Waals surface area contributed by atoms with Crippen molar-refractivity contribution in [1.29, 1.82) is 0 Å². The maximum Gasteiger partial charge on any atom is 0.262 e. The van der Waals surface area contributed by atoms with Crippen LogP contribution in [0.5, 0.6) is 0 Å². The van der Waals surface area contributed by atoms with Crippen LogP contribution < -0.4 is 5.48 Å². The lowest BCUT2D eigenvalue weighted by molar-refractivity contribution is -0.192. The highest BCUT2D eigenvalue weighted by Crippen LogP contribution is 2.64. The predicted molar refractivity (Wildman–Crippen MR) is 105 cm³/mol. The number of nitrogens with zero attached hydrogens (tertiary/aromatic N) is 1. The molecule has 1 aliphatic rings. The molecule has 26 heavy (non-hydrogen) atoms. The molecular formula is C17H35N2O5PS. The molecule has 1 fully saturated rings. The van der Waals surface area contributed by atoms with Gasteiger partial charge in [0.1, 0.15) is 6.04 Å². The van der Waals surface area contributed by atoms with Gasteiger partial charge >= 0.3 is 0 Å². The maximum atomic E-state index is 13.2. The van der Waals surface area contributed by atoms with Crippen molar-refractivity contribution >= 4 is 25.4 Å². The normalized spacial score (nSPS) is 27.1. The Balaban J connectivity index is 3.76. The quantitative estimate of drug-likeness (QED) is 0.538. The van der Waals surface area contributed by atoms with Crippen molar-refractivity contribution in [3.8, 4) is 0 Å². The molecule has 0 saturated carbocycles. The third-order valence-electron chi connectivity index (χ3n) is 7.32. The van der Waals surface area contributed by atoms with Crippen LogP contribution in [0.4, 0.5) is 0 Å². The first-order valence-electron chi connectivity index (χ1n) is 8.79. The summed E-state index contributed by atoms with van der Waals surface area (Å²) < 4.78 is 37.8. The Morgan fingerprint density at radius 3 is 2.00 bits per heavy atom. The number of rotatable bonds is 6. The van der Waals surface area contributed by atoms with E-state index in [1.165, 1.54) is 4.31 Å². The third-order valence-corrected chi connectivity index (χ3v) is 9.16. The molecule has 7 nitrogen and oxygen atoms in total. The molecule has 1 amide bonds. The molecule has 154 valence electrons. The Morgan fingerprint density at radius 2 is 1.58 bits per heavy atom. The summed E-state index contributed by atoms with van der Waals surface area (Å²) in [7, 11) is -1.92. The summed E-state index contributed by atoms with van der Waals surface area (Å²) >= 11 is 0. The van der Waals surface area contributed by atoms with Gasteiger partial charge in [0.15, 0.2) is 5.94 Å². The van der Waals surface area contributed by atoms with E-state index in [-0.39, 0.29) is 12.0 Å². The zero-order chi connectivity index (χ0) is 20.8. The fourth-order valence-electron chi connectivity index (χ4n) is 4.11. The smallest absolute Gasteiger partial charge is 0.262 e. The van der Waals surface area contributed by atoms with E-state index >= 15 is 0 Å². The van der Waals surface area contributed by atoms with Gasteiger partial charge in [-0.15, -0.1) is 0 Å². The topological polar surface area (TPSA) is 84.9 Å². The molecule has 1 aliphatic heterocycles. The summed E-state index contributed by atoms with van der Waals surface area (Å²) in [5, 5.41) is 0. The molecule has 1 saturated heterocycles. The highest BCUT2D eigenvalue weighted by molar-refractivity contribution is 7.89. The van der Waals surface area contributed by atoms with Crippen molar-refractivity contribution in [2.45, 2.75) is 73.9 Å². The number of piperidine rings is 1. The second kappa shape index (κ2) is 7.28. The van der Waals surface area contributed by atoms with Gasteiger partial charge in [0, 0.05) is 21.6 Å². The molecule has 1 rings (SSSR count). The van der Waals surface area contributed by atoms with Crippen molar-refractivity contribution in [3.05, 3.63) is 0 Å². The van der Waals surface area contributed by atoms with Gasteiger partial charge in [0.2, 0.25) is 10.0 Å². The summed E-state index contributed by atoms with van der Waals surface area (Å²) in [6, 6.07) is -0.952. The Kier molecular flexibility index (Phi) is 6.66. The van der Waals surface area contributed by atoms with Crippen molar-refractivity contribution in [2.24, 2.45) is 16.2 Å². The highest BCUT2D eigenvalue weighted by Gasteiger charge is 2.69. The molecule has 0 radical (unpaired) electrons. The van der Waals surface area contributed by atoms with E-state index in [1.807, 2.05) is 37.2 Å². The molecule has 2 atom stereocenters. The minimum Gasteiger partial charge on any atom is -0.364 e. The molecule has 1 N–H and O–H groups in total. The molecule has 9 heteroatoms. The van der Waals surface area contributed by atoms with E-state index < -0.39 is 44.3 Å². The average Bonchev–Trinajstić information content (AvgIpc) is 2.48. The number of carbonyl (C=O) groups excluding carboxylic acids is 1. The van der Waals surface area contributed by atoms with Crippen LogP contribution in [0.2, 0.25) is 0 Å². The van der Waals surface area contributed by atoms with Gasteiger partial charge in [0.05, 0.1) is 0 Å². The molecule has 2 unspecified atom stereocenters. The minimum absolute atomic E-state index is 0.275. The number of ether oxygens (including phenoxy) is 1. The fourth-order valence-corrected chi connectivity index (χ4v) is 6.32. The van der Waals surface area contributed by atoms with Gasteiger partial charge < -0.3 is 4.74 Å². The lowest BCUT2D eigenvalue weighted by atomic mass is 9.45. The number of hydrogen-bond donors (Lipinski definition) is 1. The Hall–Kier alpha value is -0.270. The van der Waals surface area contributed by atoms with Gasteiger partial charge in [-0.2, -0.15) is 4.31 Å². The fraction of sp³-hybridized carbons (Fsp3) is 0.941. The second-order valence-electron chi connectivity index (χ2n) is 9.04. The maximum absolute atomic E-state index is 13.2. The van der Waals surface area contributed by atoms with E-state index in [4.69, 9.17) is 9.36 Å². The van der Waals surface area contributed by atoms with Gasteiger partial charge in [-0.25, -0.2) is 13.9 Å². The molecule has 0 aromatic carbocycles. The van der Waals surface area contributed by atoms with Crippen LogP contribution in [0, 0.1) is 16.2 Å². The molecule has 0 spiro atoms. The summed E-state index contributed by atoms with van der Waals surface area (Å²) in [5.74, 6) is -0.966. The minimum atomic E-state index is -3.87. The largest absolute Gasteiger partial charge is 0.364 e. The van der Waals surface area contributed by atoms with Gasteiger partial charge in [-0.1, -0.05) is 41.5 Å². The first-order valence-corrected chi connectivity index (χ1v) is 10.9. The molecule has 0 aliphatic carbocycles. The van der Waals surface area contributed by atoms with Gasteiger partial charge in [0.25, 0.3) is 5.91 Å². The third kappa shape index (κ3) is 3.32. The van der Waals surface area contributed by atoms with E-state index in [9.17, 15) is 13.2 Å². The second-order valence-corrected chi connectivity index (χ2v) is 11.1. The van der Waals surface area contributed by atoms with Crippen LogP contribution >= 0.6 is 9.47 Å². The van der Waals surface area contributed by atoms with E-state index in [2.05, 4.69) is 33.2 Å². The zero-order valence-electron chi connectivity index (χ0n) is 17.5. The number of nitrogens with one attached hydrogen (secondary N) is 1. The van der Waals surface area contributed by atoms with E-state index in [1.54, 1.807) is 6.92 Å². The summed E-state index contributed by atoms with van der Waals surface area (Å²) in [4.78, 5) is 12.9. The monoisotopic (exact) mass is 410 g/mol. The van der Waals surface area contributed by atoms with Gasteiger partial charge in [-0.05, 0) is 37.0 Å². The lowest BCUT2D eigenvalue weighted by Gasteiger charge is -2.69. The van der Waals surface area contributed by atoms with Crippen molar-refractivity contribution in [2.75, 3.05) is 12.5 Å². The van der Waals surface area contributed by atoms with E-state index in [0.29, 0.717) is 0 Å². The summed E-state index contributed by atoms with van der Waals surface area (Å²) in [5.41, 5.74) is -0.0294. The van der Waals surface area contributed by atoms with Crippen LogP contribution in [-0.2, 0) is 24.2 Å². The van der Waals surface area contributed by atoms with E-state index in [0.717, 1.165) is 0 Å². The molecule has 0 aromatic rings. The molecule has 0 aromatic heterocycles. The predicted octanol–water partition coefficient (Wildman–Crippen LogP) is 2.69. The molecule has 0 bridgehead atoms. The number of carbonyl (C=O) groups is 1. The van der Waals surface area contributed by atoms with Crippen molar-refractivity contribution in [1.82, 2.24) is 9.79 Å². The molecular weight excluding hydrogens is 375 g/mol. The van der Waals surface area contributed by atoms with Crippen LogP contribution in [0.3, 0.4) is 0 Å². The first kappa shape index (κ1) is 23.8. The highest BCUT2D eigenvalue weighted by atomic mass is 32.2. The van der Waals surface area contributed by atoms with Crippen LogP contribution in [0.25, 0.3) is 0 Å². The molecule has 1 heterocycles. The number of sulfonamides is 1. The summed E-state index contributed by atoms with van der Waals surface area (Å²) in [6.45, 7) is 17.9. The van der Waals surface area contributed by atoms with Gasteiger partial charge in [-0.3, -0.25) is 9.42 Å². The summed E-state index contributed by atoms with van der Waals surface area (Å²) in [6.07, 6.45) is 0. The lowest BCUT2D eigenvalue weighted by Crippen LogP contribution is -2.77. The Morgan fingerprint density at radius 1 is 1.08 bits per heavy atom. The number of amides is 1. The first-order chi connectivity index (χ1) is 11.5. The standard InChI is InChI=1S/C17H35N2O5PS/c1-10-23-11-26(21,22)19-12(13(20)18-24-25)14(2,3)15(4,5)16(6,7)17(19,8)9/h12H,10-11,25H2,1-9H3,(H,18,20). The Labute approximate surface area is 160 Å². The van der Waals surface area contributed by atoms with Crippen LogP contribution in [-0.4, -0.2) is 42.8 Å². The van der Waals surface area contributed by atoms with Crippen molar-refractivity contribution in [3.63, 3.8) is 0 Å². The van der Waals surface area contributed by atoms with Crippen LogP contribution in [0.1, 0.15) is 62.3 Å². The SMILES string of the molecule is CCOCS(=O)(=O)N1C(C(=O)NOP)C(C)(C)C(C)(C)C(C)(C)C1(C)C. The average molecular weight is 411 g/mol.